The van der Waals surface area contributed by atoms with Gasteiger partial charge >= 0.3 is 5.97 Å². The van der Waals surface area contributed by atoms with E-state index in [4.69, 9.17) is 9.52 Å². The van der Waals surface area contributed by atoms with Gasteiger partial charge in [-0.1, -0.05) is 30.3 Å². The van der Waals surface area contributed by atoms with E-state index >= 15 is 0 Å². The highest BCUT2D eigenvalue weighted by atomic mass is 16.4. The molecule has 4 heteroatoms. The molecule has 2 aromatic rings. The van der Waals surface area contributed by atoms with E-state index in [2.05, 4.69) is 23.1 Å². The molecule has 0 amide bonds. The van der Waals surface area contributed by atoms with Crippen LogP contribution in [0.5, 0.6) is 0 Å². The highest BCUT2D eigenvalue weighted by Crippen LogP contribution is 2.40. The van der Waals surface area contributed by atoms with Crippen molar-refractivity contribution in [3.8, 4) is 11.3 Å². The van der Waals surface area contributed by atoms with Crippen LogP contribution < -0.4 is 0 Å². The first-order chi connectivity index (χ1) is 10.7. The second-order valence-corrected chi connectivity index (χ2v) is 6.35. The SMILES string of the molecule is O=C(O)[C@@H]1C[C@H]1CN1CCc2oc(-c3ccccc3)cc2C1. The molecule has 2 atom stereocenters. The molecule has 114 valence electrons. The summed E-state index contributed by atoms with van der Waals surface area (Å²) in [5.74, 6) is 1.59. The summed E-state index contributed by atoms with van der Waals surface area (Å²) in [5.41, 5.74) is 2.36. The molecule has 1 aliphatic carbocycles. The van der Waals surface area contributed by atoms with Crippen molar-refractivity contribution in [1.82, 2.24) is 4.90 Å². The number of benzene rings is 1. The van der Waals surface area contributed by atoms with Gasteiger partial charge in [-0.3, -0.25) is 9.69 Å². The minimum atomic E-state index is -0.641. The first-order valence-electron chi connectivity index (χ1n) is 7.83. The van der Waals surface area contributed by atoms with E-state index < -0.39 is 5.97 Å². The Balaban J connectivity index is 1.45. The summed E-state index contributed by atoms with van der Waals surface area (Å²) in [5, 5.41) is 9.01. The summed E-state index contributed by atoms with van der Waals surface area (Å²) in [4.78, 5) is 13.3. The number of nitrogens with zero attached hydrogens (tertiary/aromatic N) is 1. The van der Waals surface area contributed by atoms with Crippen LogP contribution in [0, 0.1) is 11.8 Å². The third-order valence-electron chi connectivity index (χ3n) is 4.74. The zero-order valence-electron chi connectivity index (χ0n) is 12.4. The quantitative estimate of drug-likeness (QED) is 0.942. The Labute approximate surface area is 129 Å². The van der Waals surface area contributed by atoms with E-state index in [0.29, 0.717) is 5.92 Å². The standard InChI is InChI=1S/C18H19NO3/c20-18(21)15-8-13(15)10-19-7-6-16-14(11-19)9-17(22-16)12-4-2-1-3-5-12/h1-5,9,13,15H,6-8,10-11H2,(H,20,21)/t13-,15+/m0/s1. The van der Waals surface area contributed by atoms with Crippen LogP contribution in [0.2, 0.25) is 0 Å². The molecule has 1 N–H and O–H groups in total. The molecule has 22 heavy (non-hydrogen) atoms. The van der Waals surface area contributed by atoms with Crippen LogP contribution in [0.15, 0.2) is 40.8 Å². The van der Waals surface area contributed by atoms with Gasteiger partial charge in [0.1, 0.15) is 11.5 Å². The number of aliphatic carboxylic acids is 1. The van der Waals surface area contributed by atoms with E-state index in [1.165, 1.54) is 5.56 Å². The number of hydrogen-bond acceptors (Lipinski definition) is 3. The van der Waals surface area contributed by atoms with Gasteiger partial charge in [0.2, 0.25) is 0 Å². The van der Waals surface area contributed by atoms with Crippen molar-refractivity contribution in [3.05, 3.63) is 47.7 Å². The maximum Gasteiger partial charge on any atom is 0.306 e. The lowest BCUT2D eigenvalue weighted by atomic mass is 10.1. The maximum absolute atomic E-state index is 10.9. The van der Waals surface area contributed by atoms with Crippen molar-refractivity contribution in [3.63, 3.8) is 0 Å². The van der Waals surface area contributed by atoms with E-state index in [0.717, 1.165) is 49.6 Å². The molecule has 0 spiro atoms. The number of rotatable bonds is 4. The molecule has 4 nitrogen and oxygen atoms in total. The van der Waals surface area contributed by atoms with Gasteiger partial charge < -0.3 is 9.52 Å². The average molecular weight is 297 g/mol. The Hall–Kier alpha value is -2.07. The van der Waals surface area contributed by atoms with Crippen molar-refractivity contribution >= 4 is 5.97 Å². The number of carbonyl (C=O) groups is 1. The van der Waals surface area contributed by atoms with Gasteiger partial charge in [-0.2, -0.15) is 0 Å². The summed E-state index contributed by atoms with van der Waals surface area (Å²) < 4.78 is 6.00. The first-order valence-corrected chi connectivity index (χ1v) is 7.83. The highest BCUT2D eigenvalue weighted by Gasteiger charge is 2.44. The van der Waals surface area contributed by atoms with Gasteiger partial charge in [-0.25, -0.2) is 0 Å². The normalized spacial score (nSPS) is 24.0. The fourth-order valence-electron chi connectivity index (χ4n) is 3.38. The summed E-state index contributed by atoms with van der Waals surface area (Å²) in [7, 11) is 0. The van der Waals surface area contributed by atoms with Crippen LogP contribution in [0.4, 0.5) is 0 Å². The van der Waals surface area contributed by atoms with Crippen molar-refractivity contribution in [2.45, 2.75) is 19.4 Å². The first kappa shape index (κ1) is 13.6. The summed E-state index contributed by atoms with van der Waals surface area (Å²) in [6, 6.07) is 12.3. The molecule has 1 saturated carbocycles. The van der Waals surface area contributed by atoms with Gasteiger partial charge in [-0.15, -0.1) is 0 Å². The molecule has 1 aliphatic heterocycles. The number of carboxylic acids is 1. The highest BCUT2D eigenvalue weighted by molar-refractivity contribution is 5.73. The molecule has 2 aliphatic rings. The molecular weight excluding hydrogens is 278 g/mol. The second kappa shape index (κ2) is 5.29. The average Bonchev–Trinajstić information content (AvgIpc) is 3.17. The number of hydrogen-bond donors (Lipinski definition) is 1. The maximum atomic E-state index is 10.9. The topological polar surface area (TPSA) is 53.7 Å². The zero-order chi connectivity index (χ0) is 15.1. The zero-order valence-corrected chi connectivity index (χ0v) is 12.4. The molecular formula is C18H19NO3. The minimum Gasteiger partial charge on any atom is -0.481 e. The number of furan rings is 1. The number of fused-ring (bicyclic) bond motifs is 1. The summed E-state index contributed by atoms with van der Waals surface area (Å²) >= 11 is 0. The predicted molar refractivity (Wildman–Crippen MR) is 82.4 cm³/mol. The van der Waals surface area contributed by atoms with Crippen LogP contribution in [0.3, 0.4) is 0 Å². The predicted octanol–water partition coefficient (Wildman–Crippen LogP) is 3.03. The molecule has 0 unspecified atom stereocenters. The van der Waals surface area contributed by atoms with Crippen LogP contribution in [0.25, 0.3) is 11.3 Å². The second-order valence-electron chi connectivity index (χ2n) is 6.35. The van der Waals surface area contributed by atoms with Gasteiger partial charge in [0, 0.05) is 37.2 Å². The number of carboxylic acid groups (broad SMARTS) is 1. The van der Waals surface area contributed by atoms with Gasteiger partial charge in [-0.05, 0) is 18.4 Å². The van der Waals surface area contributed by atoms with Gasteiger partial charge in [0.05, 0.1) is 5.92 Å². The van der Waals surface area contributed by atoms with E-state index in [9.17, 15) is 4.79 Å². The van der Waals surface area contributed by atoms with E-state index in [1.807, 2.05) is 18.2 Å². The Kier molecular flexibility index (Phi) is 3.26. The van der Waals surface area contributed by atoms with Crippen LogP contribution in [-0.4, -0.2) is 29.1 Å². The lowest BCUT2D eigenvalue weighted by molar-refractivity contribution is -0.138. The Morgan fingerprint density at radius 2 is 2.14 bits per heavy atom. The van der Waals surface area contributed by atoms with Crippen LogP contribution in [-0.2, 0) is 17.8 Å². The lowest BCUT2D eigenvalue weighted by Crippen LogP contribution is -2.32. The summed E-state index contributed by atoms with van der Waals surface area (Å²) in [6.45, 7) is 2.72. The fraction of sp³-hybridized carbons (Fsp3) is 0.389. The molecule has 0 saturated heterocycles. The summed E-state index contributed by atoms with van der Waals surface area (Å²) in [6.07, 6.45) is 1.74. The van der Waals surface area contributed by atoms with Crippen molar-refractivity contribution in [2.75, 3.05) is 13.1 Å². The van der Waals surface area contributed by atoms with Crippen molar-refractivity contribution in [2.24, 2.45) is 11.8 Å². The minimum absolute atomic E-state index is 0.120. The van der Waals surface area contributed by atoms with Gasteiger partial charge in [0.15, 0.2) is 0 Å². The molecule has 1 aromatic carbocycles. The van der Waals surface area contributed by atoms with Crippen molar-refractivity contribution < 1.29 is 14.3 Å². The Bertz CT molecular complexity index is 692. The molecule has 4 rings (SSSR count). The fourth-order valence-corrected chi connectivity index (χ4v) is 3.38. The van der Waals surface area contributed by atoms with Crippen LogP contribution >= 0.6 is 0 Å². The third-order valence-corrected chi connectivity index (χ3v) is 4.74. The molecule has 0 radical (unpaired) electrons. The van der Waals surface area contributed by atoms with Gasteiger partial charge in [0.25, 0.3) is 0 Å². The molecule has 0 bridgehead atoms. The smallest absolute Gasteiger partial charge is 0.306 e. The lowest BCUT2D eigenvalue weighted by Gasteiger charge is -2.25. The third kappa shape index (κ3) is 2.55. The van der Waals surface area contributed by atoms with Crippen LogP contribution in [0.1, 0.15) is 17.7 Å². The molecule has 1 fully saturated rings. The van der Waals surface area contributed by atoms with Crippen molar-refractivity contribution in [1.29, 1.82) is 0 Å². The Morgan fingerprint density at radius 3 is 2.86 bits per heavy atom. The molecule has 2 heterocycles. The van der Waals surface area contributed by atoms with E-state index in [1.54, 1.807) is 0 Å². The Morgan fingerprint density at radius 1 is 1.32 bits per heavy atom. The molecule has 1 aromatic heterocycles. The van der Waals surface area contributed by atoms with E-state index in [-0.39, 0.29) is 5.92 Å². The monoisotopic (exact) mass is 297 g/mol. The largest absolute Gasteiger partial charge is 0.481 e.